The van der Waals surface area contributed by atoms with Crippen molar-refractivity contribution in [1.29, 1.82) is 0 Å². The zero-order chi connectivity index (χ0) is 14.5. The minimum absolute atomic E-state index is 0.213. The predicted octanol–water partition coefficient (Wildman–Crippen LogP) is 0.998. The molecule has 20 heavy (non-hydrogen) atoms. The Morgan fingerprint density at radius 1 is 1.30 bits per heavy atom. The maximum Gasteiger partial charge on any atom is 0.320 e. The number of carbonyl (C=O) groups is 1. The molecule has 0 spiro atoms. The second-order valence-corrected chi connectivity index (χ2v) is 6.49. The Hall–Kier alpha value is -0.650. The highest BCUT2D eigenvalue weighted by molar-refractivity contribution is 5.73. The topological polar surface area (TPSA) is 55.8 Å². The summed E-state index contributed by atoms with van der Waals surface area (Å²) in [6, 6.07) is 0.502. The largest absolute Gasteiger partial charge is 0.480 e. The van der Waals surface area contributed by atoms with Crippen LogP contribution < -0.4 is 5.32 Å². The normalized spacial score (nSPS) is 26.4. The first-order chi connectivity index (χ1) is 9.56. The lowest BCUT2D eigenvalue weighted by Gasteiger charge is -2.27. The van der Waals surface area contributed by atoms with Crippen LogP contribution in [0.15, 0.2) is 0 Å². The molecule has 0 saturated carbocycles. The highest BCUT2D eigenvalue weighted by Gasteiger charge is 2.29. The summed E-state index contributed by atoms with van der Waals surface area (Å²) in [6.45, 7) is 9.59. The second-order valence-electron chi connectivity index (χ2n) is 6.49. The average Bonchev–Trinajstić information content (AvgIpc) is 2.72. The third-order valence-corrected chi connectivity index (χ3v) is 4.45. The molecule has 2 heterocycles. The lowest BCUT2D eigenvalue weighted by atomic mass is 10.1. The first kappa shape index (κ1) is 15.7. The van der Waals surface area contributed by atoms with E-state index in [1.807, 2.05) is 13.8 Å². The minimum atomic E-state index is -0.726. The zero-order valence-corrected chi connectivity index (χ0v) is 12.8. The van der Waals surface area contributed by atoms with E-state index >= 15 is 0 Å². The van der Waals surface area contributed by atoms with Crippen molar-refractivity contribution in [3.05, 3.63) is 0 Å². The number of hydrogen-bond acceptors (Lipinski definition) is 4. The monoisotopic (exact) mass is 283 g/mol. The van der Waals surface area contributed by atoms with Crippen molar-refractivity contribution in [2.75, 3.05) is 32.7 Å². The standard InChI is InChI=1S/C15H29N3O2/c1-12(2)16-14(15(19)20)6-10-17-7-4-9-18-8-3-5-13(18)11-17/h12-14,16H,3-11H2,1-2H3,(H,19,20). The highest BCUT2D eigenvalue weighted by atomic mass is 16.4. The lowest BCUT2D eigenvalue weighted by molar-refractivity contribution is -0.140. The van der Waals surface area contributed by atoms with Crippen molar-refractivity contribution in [3.8, 4) is 0 Å². The maximum atomic E-state index is 11.3. The van der Waals surface area contributed by atoms with Gasteiger partial charge in [-0.3, -0.25) is 9.69 Å². The van der Waals surface area contributed by atoms with Crippen LogP contribution in [0.1, 0.15) is 39.5 Å². The van der Waals surface area contributed by atoms with Gasteiger partial charge in [0.15, 0.2) is 0 Å². The van der Waals surface area contributed by atoms with E-state index in [-0.39, 0.29) is 6.04 Å². The lowest BCUT2D eigenvalue weighted by Crippen LogP contribution is -2.44. The third kappa shape index (κ3) is 4.43. The van der Waals surface area contributed by atoms with Crippen molar-refractivity contribution >= 4 is 5.97 Å². The molecule has 2 aliphatic rings. The molecule has 2 unspecified atom stereocenters. The predicted molar refractivity (Wildman–Crippen MR) is 80.0 cm³/mol. The summed E-state index contributed by atoms with van der Waals surface area (Å²) in [5.41, 5.74) is 0. The molecule has 5 nitrogen and oxygen atoms in total. The summed E-state index contributed by atoms with van der Waals surface area (Å²) in [4.78, 5) is 16.3. The molecule has 2 aliphatic heterocycles. The van der Waals surface area contributed by atoms with Crippen molar-refractivity contribution in [3.63, 3.8) is 0 Å². The van der Waals surface area contributed by atoms with E-state index in [1.54, 1.807) is 0 Å². The molecule has 0 bridgehead atoms. The maximum absolute atomic E-state index is 11.3. The second kappa shape index (κ2) is 7.38. The molecule has 0 aromatic carbocycles. The molecular weight excluding hydrogens is 254 g/mol. The van der Waals surface area contributed by atoms with Gasteiger partial charge in [0.25, 0.3) is 0 Å². The van der Waals surface area contributed by atoms with Crippen molar-refractivity contribution in [2.24, 2.45) is 0 Å². The Labute approximate surface area is 122 Å². The summed E-state index contributed by atoms with van der Waals surface area (Å²) >= 11 is 0. The first-order valence-electron chi connectivity index (χ1n) is 8.01. The van der Waals surface area contributed by atoms with Gasteiger partial charge in [0, 0.05) is 25.2 Å². The van der Waals surface area contributed by atoms with E-state index in [9.17, 15) is 9.90 Å². The molecule has 2 saturated heterocycles. The SMILES string of the molecule is CC(C)NC(CCN1CCCN2CCCC2C1)C(=O)O. The fourth-order valence-electron chi connectivity index (χ4n) is 3.48. The van der Waals surface area contributed by atoms with Crippen LogP contribution in [0.5, 0.6) is 0 Å². The van der Waals surface area contributed by atoms with E-state index in [1.165, 1.54) is 32.4 Å². The fraction of sp³-hybridized carbons (Fsp3) is 0.933. The van der Waals surface area contributed by atoms with E-state index < -0.39 is 12.0 Å². The number of nitrogens with zero attached hydrogens (tertiary/aromatic N) is 2. The molecule has 0 amide bonds. The zero-order valence-electron chi connectivity index (χ0n) is 12.8. The van der Waals surface area contributed by atoms with Gasteiger partial charge in [-0.05, 0) is 45.3 Å². The van der Waals surface area contributed by atoms with Gasteiger partial charge in [-0.2, -0.15) is 0 Å². The summed E-state index contributed by atoms with van der Waals surface area (Å²) in [7, 11) is 0. The molecule has 0 aromatic heterocycles. The summed E-state index contributed by atoms with van der Waals surface area (Å²) in [6.07, 6.45) is 4.54. The number of hydrogen-bond donors (Lipinski definition) is 2. The number of carboxylic acid groups (broad SMARTS) is 1. The number of nitrogens with one attached hydrogen (secondary N) is 1. The Bertz CT molecular complexity index is 322. The molecule has 2 fully saturated rings. The van der Waals surface area contributed by atoms with Crippen LogP contribution in [0.3, 0.4) is 0 Å². The summed E-state index contributed by atoms with van der Waals surface area (Å²) < 4.78 is 0. The third-order valence-electron chi connectivity index (χ3n) is 4.45. The van der Waals surface area contributed by atoms with E-state index in [2.05, 4.69) is 15.1 Å². The Kier molecular flexibility index (Phi) is 5.81. The van der Waals surface area contributed by atoms with Crippen LogP contribution >= 0.6 is 0 Å². The summed E-state index contributed by atoms with van der Waals surface area (Å²) in [5, 5.41) is 12.4. The molecule has 0 radical (unpaired) electrons. The first-order valence-corrected chi connectivity index (χ1v) is 8.01. The number of aliphatic carboxylic acids is 1. The van der Waals surface area contributed by atoms with E-state index in [0.717, 1.165) is 19.6 Å². The molecular formula is C15H29N3O2. The van der Waals surface area contributed by atoms with Crippen LogP contribution in [0.25, 0.3) is 0 Å². The molecule has 0 aliphatic carbocycles. The molecule has 2 N–H and O–H groups in total. The number of fused-ring (bicyclic) bond motifs is 1. The Morgan fingerprint density at radius 2 is 2.05 bits per heavy atom. The Balaban J connectivity index is 1.80. The number of rotatable bonds is 6. The highest BCUT2D eigenvalue weighted by Crippen LogP contribution is 2.21. The van der Waals surface area contributed by atoms with Gasteiger partial charge >= 0.3 is 5.97 Å². The van der Waals surface area contributed by atoms with Gasteiger partial charge in [-0.25, -0.2) is 0 Å². The summed E-state index contributed by atoms with van der Waals surface area (Å²) in [5.74, 6) is -0.726. The van der Waals surface area contributed by atoms with Crippen LogP contribution in [-0.2, 0) is 4.79 Å². The van der Waals surface area contributed by atoms with Crippen LogP contribution in [0, 0.1) is 0 Å². The quantitative estimate of drug-likeness (QED) is 0.761. The van der Waals surface area contributed by atoms with Gasteiger partial charge in [-0.15, -0.1) is 0 Å². The van der Waals surface area contributed by atoms with Gasteiger partial charge < -0.3 is 15.3 Å². The Morgan fingerprint density at radius 3 is 2.75 bits per heavy atom. The fourth-order valence-corrected chi connectivity index (χ4v) is 3.48. The van der Waals surface area contributed by atoms with E-state index in [4.69, 9.17) is 0 Å². The molecule has 116 valence electrons. The van der Waals surface area contributed by atoms with Gasteiger partial charge in [0.05, 0.1) is 0 Å². The van der Waals surface area contributed by atoms with Crippen molar-refractivity contribution < 1.29 is 9.90 Å². The van der Waals surface area contributed by atoms with Crippen LogP contribution in [-0.4, -0.2) is 71.7 Å². The molecule has 0 aromatic rings. The van der Waals surface area contributed by atoms with Crippen molar-refractivity contribution in [2.45, 2.75) is 57.7 Å². The smallest absolute Gasteiger partial charge is 0.320 e. The van der Waals surface area contributed by atoms with Crippen LogP contribution in [0.2, 0.25) is 0 Å². The van der Waals surface area contributed by atoms with Crippen molar-refractivity contribution in [1.82, 2.24) is 15.1 Å². The van der Waals surface area contributed by atoms with Crippen LogP contribution in [0.4, 0.5) is 0 Å². The van der Waals surface area contributed by atoms with Gasteiger partial charge in [0.1, 0.15) is 6.04 Å². The van der Waals surface area contributed by atoms with Gasteiger partial charge in [0.2, 0.25) is 0 Å². The molecule has 2 atom stereocenters. The average molecular weight is 283 g/mol. The minimum Gasteiger partial charge on any atom is -0.480 e. The molecule has 5 heteroatoms. The number of carboxylic acids is 1. The van der Waals surface area contributed by atoms with E-state index in [0.29, 0.717) is 12.5 Å². The molecule has 2 rings (SSSR count). The van der Waals surface area contributed by atoms with Gasteiger partial charge in [-0.1, -0.05) is 13.8 Å².